The van der Waals surface area contributed by atoms with Crippen molar-refractivity contribution < 1.29 is 27.4 Å². The van der Waals surface area contributed by atoms with Crippen molar-refractivity contribution in [2.24, 2.45) is 0 Å². The van der Waals surface area contributed by atoms with E-state index in [1.54, 1.807) is 6.26 Å². The molecule has 0 heterocycles. The quantitative estimate of drug-likeness (QED) is 0.513. The van der Waals surface area contributed by atoms with E-state index in [9.17, 15) is 18.0 Å². The van der Waals surface area contributed by atoms with Crippen LogP contribution >= 0.6 is 11.8 Å². The van der Waals surface area contributed by atoms with Gasteiger partial charge >= 0.3 is 12.3 Å². The highest BCUT2D eigenvalue weighted by atomic mass is 32.2. The number of halogens is 3. The van der Waals surface area contributed by atoms with Crippen LogP contribution in [0.2, 0.25) is 0 Å². The SMILES string of the molecule is COC(=O)/C=C/Nc1ccc(OC(F)(F)F)cc1SC. The average Bonchev–Trinajstić information content (AvgIpc) is 2.38. The predicted octanol–water partition coefficient (Wildman–Crippen LogP) is 3.41. The van der Waals surface area contributed by atoms with E-state index in [4.69, 9.17) is 0 Å². The number of rotatable bonds is 5. The number of carbonyl (C=O) groups excluding carboxylic acids is 1. The van der Waals surface area contributed by atoms with E-state index >= 15 is 0 Å². The molecule has 0 saturated carbocycles. The van der Waals surface area contributed by atoms with E-state index < -0.39 is 12.3 Å². The fourth-order valence-corrected chi connectivity index (χ4v) is 1.84. The first-order chi connectivity index (χ1) is 9.35. The summed E-state index contributed by atoms with van der Waals surface area (Å²) in [6.45, 7) is 0. The van der Waals surface area contributed by atoms with Gasteiger partial charge in [-0.2, -0.15) is 0 Å². The van der Waals surface area contributed by atoms with E-state index in [-0.39, 0.29) is 5.75 Å². The summed E-state index contributed by atoms with van der Waals surface area (Å²) in [5, 5.41) is 2.78. The maximum Gasteiger partial charge on any atom is 0.573 e. The molecule has 0 spiro atoms. The average molecular weight is 307 g/mol. The van der Waals surface area contributed by atoms with E-state index in [1.807, 2.05) is 0 Å². The third kappa shape index (κ3) is 5.43. The number of benzene rings is 1. The summed E-state index contributed by atoms with van der Waals surface area (Å²) < 4.78 is 44.5. The van der Waals surface area contributed by atoms with Crippen LogP contribution in [0.3, 0.4) is 0 Å². The van der Waals surface area contributed by atoms with Crippen LogP contribution in [-0.2, 0) is 9.53 Å². The minimum absolute atomic E-state index is 0.302. The summed E-state index contributed by atoms with van der Waals surface area (Å²) in [6.07, 6.45) is -0.521. The van der Waals surface area contributed by atoms with E-state index in [0.717, 1.165) is 6.08 Å². The van der Waals surface area contributed by atoms with Gasteiger partial charge in [0.25, 0.3) is 0 Å². The fraction of sp³-hybridized carbons (Fsp3) is 0.250. The summed E-state index contributed by atoms with van der Waals surface area (Å²) in [5.74, 6) is -0.843. The molecule has 1 aromatic carbocycles. The Balaban J connectivity index is 2.83. The van der Waals surface area contributed by atoms with Crippen molar-refractivity contribution in [1.82, 2.24) is 0 Å². The molecule has 4 nitrogen and oxygen atoms in total. The lowest BCUT2D eigenvalue weighted by Gasteiger charge is -2.12. The van der Waals surface area contributed by atoms with Gasteiger partial charge < -0.3 is 14.8 Å². The van der Waals surface area contributed by atoms with Crippen molar-refractivity contribution in [2.75, 3.05) is 18.7 Å². The number of carbonyl (C=O) groups is 1. The standard InChI is InChI=1S/C12H12F3NO3S/c1-18-11(17)5-6-16-9-4-3-8(7-10(9)20-2)19-12(13,14)15/h3-7,16H,1-2H3/b6-5+. The Morgan fingerprint density at radius 2 is 2.10 bits per heavy atom. The lowest BCUT2D eigenvalue weighted by Crippen LogP contribution is -2.17. The van der Waals surface area contributed by atoms with Crippen LogP contribution in [0.25, 0.3) is 0 Å². The van der Waals surface area contributed by atoms with Gasteiger partial charge in [0.2, 0.25) is 0 Å². The minimum Gasteiger partial charge on any atom is -0.466 e. The smallest absolute Gasteiger partial charge is 0.466 e. The monoisotopic (exact) mass is 307 g/mol. The van der Waals surface area contributed by atoms with E-state index in [2.05, 4.69) is 14.8 Å². The molecule has 1 aromatic rings. The van der Waals surface area contributed by atoms with Gasteiger partial charge in [-0.1, -0.05) is 0 Å². The van der Waals surface area contributed by atoms with Crippen LogP contribution in [0, 0.1) is 0 Å². The van der Waals surface area contributed by atoms with Crippen molar-refractivity contribution in [3.8, 4) is 5.75 Å². The molecule has 20 heavy (non-hydrogen) atoms. The summed E-state index contributed by atoms with van der Waals surface area (Å²) >= 11 is 1.24. The summed E-state index contributed by atoms with van der Waals surface area (Å²) in [6, 6.07) is 3.86. The molecule has 0 amide bonds. The number of alkyl halides is 3. The first kappa shape index (κ1) is 16.2. The molecule has 0 unspecified atom stereocenters. The highest BCUT2D eigenvalue weighted by Gasteiger charge is 2.31. The largest absolute Gasteiger partial charge is 0.573 e. The molecule has 110 valence electrons. The molecule has 0 aliphatic rings. The second-order valence-corrected chi connectivity index (χ2v) is 4.26. The second-order valence-electron chi connectivity index (χ2n) is 3.41. The second kappa shape index (κ2) is 7.09. The van der Waals surface area contributed by atoms with Crippen LogP contribution in [0.5, 0.6) is 5.75 Å². The normalized spacial score (nSPS) is 11.4. The molecule has 8 heteroatoms. The molecular formula is C12H12F3NO3S. The molecule has 1 N–H and O–H groups in total. The van der Waals surface area contributed by atoms with Gasteiger partial charge in [0.1, 0.15) is 5.75 Å². The third-order valence-electron chi connectivity index (χ3n) is 2.07. The number of nitrogens with one attached hydrogen (secondary N) is 1. The number of esters is 1. The highest BCUT2D eigenvalue weighted by Crippen LogP contribution is 2.32. The molecule has 1 rings (SSSR count). The minimum atomic E-state index is -4.73. The predicted molar refractivity (Wildman–Crippen MR) is 69.7 cm³/mol. The lowest BCUT2D eigenvalue weighted by atomic mass is 10.3. The number of anilines is 1. The van der Waals surface area contributed by atoms with Gasteiger partial charge in [0, 0.05) is 17.2 Å². The number of hydrogen-bond acceptors (Lipinski definition) is 5. The van der Waals surface area contributed by atoms with Crippen molar-refractivity contribution in [2.45, 2.75) is 11.3 Å². The number of thioether (sulfide) groups is 1. The molecule has 0 fully saturated rings. The Morgan fingerprint density at radius 3 is 2.65 bits per heavy atom. The van der Waals surface area contributed by atoms with Gasteiger partial charge in [0.05, 0.1) is 12.8 Å². The number of ether oxygens (including phenoxy) is 2. The molecule has 0 aromatic heterocycles. The van der Waals surface area contributed by atoms with Gasteiger partial charge in [0.15, 0.2) is 0 Å². The van der Waals surface area contributed by atoms with Crippen LogP contribution in [0.15, 0.2) is 35.4 Å². The van der Waals surface area contributed by atoms with Gasteiger partial charge in [-0.3, -0.25) is 0 Å². The van der Waals surface area contributed by atoms with Crippen LogP contribution in [0.1, 0.15) is 0 Å². The molecule has 0 radical (unpaired) electrons. The van der Waals surface area contributed by atoms with E-state index in [1.165, 1.54) is 43.3 Å². The van der Waals surface area contributed by atoms with Crippen molar-refractivity contribution in [3.05, 3.63) is 30.5 Å². The highest BCUT2D eigenvalue weighted by molar-refractivity contribution is 7.98. The Labute approximate surface area is 117 Å². The van der Waals surface area contributed by atoms with Gasteiger partial charge in [-0.05, 0) is 24.5 Å². The zero-order valence-electron chi connectivity index (χ0n) is 10.7. The first-order valence-corrected chi connectivity index (χ1v) is 6.53. The molecule has 0 bridgehead atoms. The number of methoxy groups -OCH3 is 1. The summed E-state index contributed by atoms with van der Waals surface area (Å²) in [4.78, 5) is 11.4. The van der Waals surface area contributed by atoms with Crippen molar-refractivity contribution >= 4 is 23.4 Å². The van der Waals surface area contributed by atoms with Crippen LogP contribution < -0.4 is 10.1 Å². The molecule has 0 aliphatic carbocycles. The van der Waals surface area contributed by atoms with Gasteiger partial charge in [-0.25, -0.2) is 4.79 Å². The number of hydrogen-bond donors (Lipinski definition) is 1. The molecular weight excluding hydrogens is 295 g/mol. The Bertz CT molecular complexity index is 503. The van der Waals surface area contributed by atoms with E-state index in [0.29, 0.717) is 10.6 Å². The Kier molecular flexibility index (Phi) is 5.75. The summed E-state index contributed by atoms with van der Waals surface area (Å²) in [7, 11) is 1.24. The maximum atomic E-state index is 12.1. The van der Waals surface area contributed by atoms with Gasteiger partial charge in [-0.15, -0.1) is 24.9 Å². The zero-order valence-corrected chi connectivity index (χ0v) is 11.5. The molecule has 0 atom stereocenters. The van der Waals surface area contributed by atoms with Crippen molar-refractivity contribution in [1.29, 1.82) is 0 Å². The van der Waals surface area contributed by atoms with Crippen LogP contribution in [0.4, 0.5) is 18.9 Å². The third-order valence-corrected chi connectivity index (χ3v) is 2.84. The lowest BCUT2D eigenvalue weighted by molar-refractivity contribution is -0.274. The Hall–Kier alpha value is -1.83. The molecule has 0 saturated heterocycles. The maximum absolute atomic E-state index is 12.1. The summed E-state index contributed by atoms with van der Waals surface area (Å²) in [5.41, 5.74) is 0.548. The van der Waals surface area contributed by atoms with Crippen LogP contribution in [-0.4, -0.2) is 25.7 Å². The fourth-order valence-electron chi connectivity index (χ4n) is 1.26. The van der Waals surface area contributed by atoms with Crippen molar-refractivity contribution in [3.63, 3.8) is 0 Å². The topological polar surface area (TPSA) is 47.6 Å². The zero-order chi connectivity index (χ0) is 15.2. The Morgan fingerprint density at radius 1 is 1.40 bits per heavy atom. The first-order valence-electron chi connectivity index (χ1n) is 5.30. The molecule has 0 aliphatic heterocycles.